The third-order valence-electron chi connectivity index (χ3n) is 2.30. The first kappa shape index (κ1) is 15.6. The van der Waals surface area contributed by atoms with E-state index < -0.39 is 8.80 Å². The van der Waals surface area contributed by atoms with E-state index in [1.54, 1.807) is 18.2 Å². The van der Waals surface area contributed by atoms with E-state index in [2.05, 4.69) is 19.7 Å². The molecule has 0 aliphatic rings. The molecule has 4 heteroatoms. The largest absolute Gasteiger partial charge is 0.538 e. The fraction of sp³-hybridized carbons (Fsp3) is 0.200. The van der Waals surface area contributed by atoms with Gasteiger partial charge in [-0.25, -0.2) is 0 Å². The summed E-state index contributed by atoms with van der Waals surface area (Å²) in [6.07, 6.45) is 5.04. The first-order valence-corrected chi connectivity index (χ1v) is 7.81. The molecule has 1 aromatic rings. The highest BCUT2D eigenvalue weighted by Crippen LogP contribution is 2.11. The Labute approximate surface area is 116 Å². The zero-order valence-electron chi connectivity index (χ0n) is 11.1. The van der Waals surface area contributed by atoms with E-state index in [1.165, 1.54) is 0 Å². The van der Waals surface area contributed by atoms with Gasteiger partial charge in [0.2, 0.25) is 0 Å². The summed E-state index contributed by atoms with van der Waals surface area (Å²) in [7, 11) is -2.95. The van der Waals surface area contributed by atoms with Crippen LogP contribution in [0.1, 0.15) is 0 Å². The normalized spacial score (nSPS) is 10.9. The van der Waals surface area contributed by atoms with Crippen molar-refractivity contribution in [3.8, 4) is 0 Å². The van der Waals surface area contributed by atoms with Gasteiger partial charge in [0.25, 0.3) is 0 Å². The molecular weight excluding hydrogens is 256 g/mol. The quantitative estimate of drug-likeness (QED) is 0.485. The molecule has 19 heavy (non-hydrogen) atoms. The van der Waals surface area contributed by atoms with Gasteiger partial charge in [-0.05, 0) is 0 Å². The van der Waals surface area contributed by atoms with Crippen LogP contribution in [0.15, 0.2) is 68.3 Å². The Morgan fingerprint density at radius 1 is 0.789 bits per heavy atom. The lowest BCUT2D eigenvalue weighted by Crippen LogP contribution is -2.57. The summed E-state index contributed by atoms with van der Waals surface area (Å²) in [6.45, 7) is 12.1. The summed E-state index contributed by atoms with van der Waals surface area (Å²) in [4.78, 5) is 0. The first-order chi connectivity index (χ1) is 9.29. The van der Waals surface area contributed by atoms with Gasteiger partial charge in [0.05, 0.1) is 19.8 Å². The second kappa shape index (κ2) is 8.61. The van der Waals surface area contributed by atoms with Gasteiger partial charge in [0.15, 0.2) is 0 Å². The lowest BCUT2D eigenvalue weighted by atomic mass is 10.4. The van der Waals surface area contributed by atoms with Gasteiger partial charge >= 0.3 is 8.80 Å². The zero-order valence-corrected chi connectivity index (χ0v) is 12.1. The van der Waals surface area contributed by atoms with Gasteiger partial charge in [-0.2, -0.15) is 0 Å². The Hall–Kier alpha value is -1.46. The monoisotopic (exact) mass is 276 g/mol. The van der Waals surface area contributed by atoms with Gasteiger partial charge < -0.3 is 13.3 Å². The molecule has 0 unspecified atom stereocenters. The molecule has 0 N–H and O–H groups in total. The van der Waals surface area contributed by atoms with Crippen LogP contribution in [-0.4, -0.2) is 28.6 Å². The van der Waals surface area contributed by atoms with Crippen molar-refractivity contribution in [2.24, 2.45) is 0 Å². The Balaban J connectivity index is 3.03. The second-order valence-corrected chi connectivity index (χ2v) is 6.28. The number of hydrogen-bond acceptors (Lipinski definition) is 3. The van der Waals surface area contributed by atoms with Crippen molar-refractivity contribution in [1.29, 1.82) is 0 Å². The molecule has 0 heterocycles. The van der Waals surface area contributed by atoms with Crippen molar-refractivity contribution >= 4 is 14.0 Å². The molecule has 0 aromatic heterocycles. The van der Waals surface area contributed by atoms with Crippen molar-refractivity contribution in [1.82, 2.24) is 0 Å². The average molecular weight is 276 g/mol. The maximum Gasteiger partial charge on any atom is 0.538 e. The molecule has 0 aliphatic carbocycles. The van der Waals surface area contributed by atoms with Gasteiger partial charge in [-0.1, -0.05) is 48.6 Å². The molecule has 0 atom stereocenters. The molecule has 1 rings (SSSR count). The van der Waals surface area contributed by atoms with E-state index in [0.717, 1.165) is 5.19 Å². The maximum absolute atomic E-state index is 5.85. The summed E-state index contributed by atoms with van der Waals surface area (Å²) in [5.41, 5.74) is 0. The van der Waals surface area contributed by atoms with Crippen molar-refractivity contribution < 1.29 is 13.3 Å². The lowest BCUT2D eigenvalue weighted by molar-refractivity contribution is 0.101. The van der Waals surface area contributed by atoms with Crippen LogP contribution < -0.4 is 5.19 Å². The minimum absolute atomic E-state index is 0.370. The lowest BCUT2D eigenvalue weighted by Gasteiger charge is -2.28. The number of benzene rings is 1. The number of hydrogen-bond donors (Lipinski definition) is 0. The molecule has 1 aromatic carbocycles. The summed E-state index contributed by atoms with van der Waals surface area (Å²) in [5.74, 6) is 0. The Bertz CT molecular complexity index is 372. The third kappa shape index (κ3) is 4.61. The highest BCUT2D eigenvalue weighted by Gasteiger charge is 2.43. The van der Waals surface area contributed by atoms with Crippen LogP contribution in [0.25, 0.3) is 0 Å². The molecule has 0 spiro atoms. The first-order valence-electron chi connectivity index (χ1n) is 6.09. The number of rotatable bonds is 10. The molecule has 0 saturated carbocycles. The van der Waals surface area contributed by atoms with Gasteiger partial charge in [-0.3, -0.25) is 0 Å². The van der Waals surface area contributed by atoms with Crippen LogP contribution in [0.3, 0.4) is 0 Å². The average Bonchev–Trinajstić information content (AvgIpc) is 2.48. The van der Waals surface area contributed by atoms with Crippen LogP contribution in [-0.2, 0) is 13.3 Å². The molecule has 0 saturated heterocycles. The van der Waals surface area contributed by atoms with Crippen LogP contribution in [0.2, 0.25) is 0 Å². The highest BCUT2D eigenvalue weighted by atomic mass is 28.4. The summed E-state index contributed by atoms with van der Waals surface area (Å²) < 4.78 is 17.5. The highest BCUT2D eigenvalue weighted by molar-refractivity contribution is 6.75. The molecule has 3 nitrogen and oxygen atoms in total. The van der Waals surface area contributed by atoms with Gasteiger partial charge in [0.1, 0.15) is 0 Å². The van der Waals surface area contributed by atoms with E-state index in [-0.39, 0.29) is 0 Å². The second-order valence-electron chi connectivity index (χ2n) is 3.72. The standard InChI is InChI=1S/C15H20O3Si/c1-4-12-16-19(17-13-5-2,18-14-6-3)15-10-8-7-9-11-15/h4-11H,1-3,12-14H2. The minimum atomic E-state index is -2.95. The summed E-state index contributed by atoms with van der Waals surface area (Å²) in [5, 5.41) is 0.917. The van der Waals surface area contributed by atoms with Gasteiger partial charge in [0, 0.05) is 5.19 Å². The van der Waals surface area contributed by atoms with Crippen molar-refractivity contribution in [2.45, 2.75) is 0 Å². The Kier molecular flexibility index (Phi) is 7.06. The minimum Gasteiger partial charge on any atom is -0.366 e. The SMILES string of the molecule is C=CCO[Si](OCC=C)(OCC=C)c1ccccc1. The van der Waals surface area contributed by atoms with E-state index in [1.807, 2.05) is 30.3 Å². The predicted octanol–water partition coefficient (Wildman–Crippen LogP) is 2.44. The fourth-order valence-electron chi connectivity index (χ4n) is 1.52. The Morgan fingerprint density at radius 3 is 1.58 bits per heavy atom. The molecular formula is C15H20O3Si. The third-order valence-corrected chi connectivity index (χ3v) is 4.98. The van der Waals surface area contributed by atoms with E-state index >= 15 is 0 Å². The molecule has 0 amide bonds. The molecule has 0 fully saturated rings. The predicted molar refractivity (Wildman–Crippen MR) is 80.3 cm³/mol. The van der Waals surface area contributed by atoms with Crippen LogP contribution in [0.4, 0.5) is 0 Å². The Morgan fingerprint density at radius 2 is 1.21 bits per heavy atom. The van der Waals surface area contributed by atoms with E-state index in [0.29, 0.717) is 19.8 Å². The summed E-state index contributed by atoms with van der Waals surface area (Å²) in [6, 6.07) is 9.70. The van der Waals surface area contributed by atoms with Crippen molar-refractivity contribution in [3.63, 3.8) is 0 Å². The maximum atomic E-state index is 5.85. The molecule has 0 bridgehead atoms. The van der Waals surface area contributed by atoms with Crippen molar-refractivity contribution in [3.05, 3.63) is 68.3 Å². The molecule has 102 valence electrons. The van der Waals surface area contributed by atoms with E-state index in [9.17, 15) is 0 Å². The van der Waals surface area contributed by atoms with Crippen LogP contribution >= 0.6 is 0 Å². The van der Waals surface area contributed by atoms with E-state index in [4.69, 9.17) is 13.3 Å². The topological polar surface area (TPSA) is 27.7 Å². The smallest absolute Gasteiger partial charge is 0.366 e. The van der Waals surface area contributed by atoms with Crippen LogP contribution in [0, 0.1) is 0 Å². The van der Waals surface area contributed by atoms with Crippen LogP contribution in [0.5, 0.6) is 0 Å². The molecule has 0 aliphatic heterocycles. The van der Waals surface area contributed by atoms with Crippen molar-refractivity contribution in [2.75, 3.05) is 19.8 Å². The molecule has 0 radical (unpaired) electrons. The van der Waals surface area contributed by atoms with Gasteiger partial charge in [-0.15, -0.1) is 19.7 Å². The summed E-state index contributed by atoms with van der Waals surface area (Å²) >= 11 is 0. The zero-order chi connectivity index (χ0) is 14.0. The fourth-order valence-corrected chi connectivity index (χ4v) is 3.89.